The van der Waals surface area contributed by atoms with Crippen LogP contribution in [-0.2, 0) is 11.2 Å². The first-order chi connectivity index (χ1) is 16.0. The maximum Gasteiger partial charge on any atom is 0.335 e. The van der Waals surface area contributed by atoms with Gasteiger partial charge in [-0.05, 0) is 46.5 Å². The van der Waals surface area contributed by atoms with Gasteiger partial charge in [0, 0.05) is 12.1 Å². The van der Waals surface area contributed by atoms with Crippen LogP contribution in [0.1, 0.15) is 39.9 Å². The Morgan fingerprint density at radius 3 is 2.45 bits per heavy atom. The number of carboxylic acids is 1. The molecule has 162 valence electrons. The summed E-state index contributed by atoms with van der Waals surface area (Å²) in [5.74, 6) is -1.62. The van der Waals surface area contributed by atoms with E-state index in [4.69, 9.17) is 6.57 Å². The molecule has 0 aliphatic carbocycles. The third-order valence-corrected chi connectivity index (χ3v) is 5.79. The molecule has 0 radical (unpaired) electrons. The molecule has 0 fully saturated rings. The van der Waals surface area contributed by atoms with Crippen molar-refractivity contribution >= 4 is 34.0 Å². The molecule has 0 saturated carbocycles. The maximum atomic E-state index is 13.3. The van der Waals surface area contributed by atoms with Crippen molar-refractivity contribution in [1.29, 1.82) is 0 Å². The molecular weight excluding hydrogens is 412 g/mol. The van der Waals surface area contributed by atoms with Gasteiger partial charge in [-0.15, -0.1) is 0 Å². The first-order valence-electron chi connectivity index (χ1n) is 10.6. The van der Waals surface area contributed by atoms with Crippen LogP contribution in [0.15, 0.2) is 84.9 Å². The third-order valence-electron chi connectivity index (χ3n) is 5.79. The number of nitrogens with one attached hydrogen (secondary N) is 1. The van der Waals surface area contributed by atoms with E-state index in [2.05, 4.69) is 10.2 Å². The zero-order valence-electron chi connectivity index (χ0n) is 18.1. The number of aromatic carboxylic acids is 1. The molecule has 1 amide bonds. The summed E-state index contributed by atoms with van der Waals surface area (Å²) in [6.45, 7) is 9.21. The molecule has 5 heteroatoms. The number of rotatable bonds is 6. The van der Waals surface area contributed by atoms with Gasteiger partial charge in [0.15, 0.2) is 5.69 Å². The van der Waals surface area contributed by atoms with Crippen molar-refractivity contribution in [1.82, 2.24) is 0 Å². The summed E-state index contributed by atoms with van der Waals surface area (Å²) < 4.78 is 0. The van der Waals surface area contributed by atoms with Crippen LogP contribution < -0.4 is 5.32 Å². The Labute approximate surface area is 192 Å². The smallest absolute Gasteiger partial charge is 0.335 e. The molecule has 5 nitrogen and oxygen atoms in total. The molecule has 4 rings (SSSR count). The van der Waals surface area contributed by atoms with Crippen molar-refractivity contribution in [2.24, 2.45) is 0 Å². The SMILES string of the molecule is [C-]#[N+]c1ccc(Cc2ccccc2C(=O)O)c(NC(=O)C(C)c2cccc3ccccc23)c1. The lowest BCUT2D eigenvalue weighted by Crippen LogP contribution is -2.20. The molecule has 4 aromatic rings. The normalized spacial score (nSPS) is 11.5. The fraction of sp³-hybridized carbons (Fsp3) is 0.107. The highest BCUT2D eigenvalue weighted by atomic mass is 16.4. The van der Waals surface area contributed by atoms with Crippen LogP contribution in [0.3, 0.4) is 0 Å². The van der Waals surface area contributed by atoms with Gasteiger partial charge in [0.2, 0.25) is 5.91 Å². The Hall–Kier alpha value is -4.43. The second-order valence-corrected chi connectivity index (χ2v) is 7.87. The van der Waals surface area contributed by atoms with Crippen LogP contribution in [0, 0.1) is 6.57 Å². The first-order valence-corrected chi connectivity index (χ1v) is 10.6. The number of carbonyl (C=O) groups excluding carboxylic acids is 1. The molecule has 0 spiro atoms. The average molecular weight is 434 g/mol. The minimum absolute atomic E-state index is 0.193. The summed E-state index contributed by atoms with van der Waals surface area (Å²) >= 11 is 0. The van der Waals surface area contributed by atoms with Crippen LogP contribution in [0.2, 0.25) is 0 Å². The van der Waals surface area contributed by atoms with E-state index >= 15 is 0 Å². The van der Waals surface area contributed by atoms with Gasteiger partial charge in [-0.2, -0.15) is 0 Å². The van der Waals surface area contributed by atoms with E-state index in [1.165, 1.54) is 0 Å². The van der Waals surface area contributed by atoms with Gasteiger partial charge < -0.3 is 10.4 Å². The Morgan fingerprint density at radius 1 is 0.939 bits per heavy atom. The summed E-state index contributed by atoms with van der Waals surface area (Å²) in [5, 5.41) is 14.6. The number of anilines is 1. The number of fused-ring (bicyclic) bond motifs is 1. The minimum atomic E-state index is -1.00. The van der Waals surface area contributed by atoms with Crippen molar-refractivity contribution in [2.75, 3.05) is 5.32 Å². The van der Waals surface area contributed by atoms with Crippen LogP contribution >= 0.6 is 0 Å². The second kappa shape index (κ2) is 9.37. The fourth-order valence-electron chi connectivity index (χ4n) is 4.00. The Morgan fingerprint density at radius 2 is 1.67 bits per heavy atom. The molecular formula is C28H22N2O3. The lowest BCUT2D eigenvalue weighted by molar-refractivity contribution is -0.117. The lowest BCUT2D eigenvalue weighted by atomic mass is 9.93. The molecule has 0 aliphatic rings. The lowest BCUT2D eigenvalue weighted by Gasteiger charge is -2.18. The zero-order valence-corrected chi connectivity index (χ0v) is 18.1. The van der Waals surface area contributed by atoms with Gasteiger partial charge in [-0.1, -0.05) is 72.8 Å². The van der Waals surface area contributed by atoms with Crippen molar-refractivity contribution in [3.63, 3.8) is 0 Å². The Bertz CT molecular complexity index is 1400. The highest BCUT2D eigenvalue weighted by Gasteiger charge is 2.20. The number of nitrogens with zero attached hydrogens (tertiary/aromatic N) is 1. The number of benzene rings is 4. The molecule has 4 aromatic carbocycles. The summed E-state index contributed by atoms with van der Waals surface area (Å²) in [4.78, 5) is 28.4. The topological polar surface area (TPSA) is 70.8 Å². The van der Waals surface area contributed by atoms with Crippen molar-refractivity contribution in [2.45, 2.75) is 19.3 Å². The summed E-state index contributed by atoms with van der Waals surface area (Å²) in [7, 11) is 0. The summed E-state index contributed by atoms with van der Waals surface area (Å²) in [6, 6.07) is 25.7. The fourth-order valence-corrected chi connectivity index (χ4v) is 4.00. The maximum absolute atomic E-state index is 13.3. The molecule has 0 aromatic heterocycles. The molecule has 2 N–H and O–H groups in total. The van der Waals surface area contributed by atoms with Gasteiger partial charge in [-0.3, -0.25) is 4.79 Å². The Kier molecular flexibility index (Phi) is 6.19. The van der Waals surface area contributed by atoms with Crippen LogP contribution in [0.25, 0.3) is 15.6 Å². The second-order valence-electron chi connectivity index (χ2n) is 7.87. The Balaban J connectivity index is 1.67. The van der Waals surface area contributed by atoms with E-state index in [9.17, 15) is 14.7 Å². The standard InChI is InChI=1S/C28H22N2O3/c1-18(23-13-7-10-19-8-3-5-11-24(19)23)27(31)30-26-17-22(29-2)15-14-21(26)16-20-9-4-6-12-25(20)28(32)33/h3-15,17-18H,16H2,1H3,(H,30,31)(H,32,33). The van der Waals surface area contributed by atoms with Crippen LogP contribution in [0.4, 0.5) is 11.4 Å². The average Bonchev–Trinajstić information content (AvgIpc) is 2.84. The summed E-state index contributed by atoms with van der Waals surface area (Å²) in [6.07, 6.45) is 0.318. The van der Waals surface area contributed by atoms with E-state index in [-0.39, 0.29) is 11.5 Å². The third kappa shape index (κ3) is 4.60. The van der Waals surface area contributed by atoms with Gasteiger partial charge in [0.25, 0.3) is 0 Å². The first kappa shape index (κ1) is 21.8. The van der Waals surface area contributed by atoms with E-state index in [1.54, 1.807) is 42.5 Å². The molecule has 0 heterocycles. The number of carbonyl (C=O) groups is 2. The number of carboxylic acid groups (broad SMARTS) is 1. The van der Waals surface area contributed by atoms with Crippen molar-refractivity contribution in [3.8, 4) is 0 Å². The molecule has 33 heavy (non-hydrogen) atoms. The van der Waals surface area contributed by atoms with Crippen LogP contribution in [0.5, 0.6) is 0 Å². The molecule has 0 aliphatic heterocycles. The minimum Gasteiger partial charge on any atom is -0.478 e. The molecule has 1 atom stereocenters. The predicted molar refractivity (Wildman–Crippen MR) is 130 cm³/mol. The number of amides is 1. The van der Waals surface area contributed by atoms with Crippen molar-refractivity contribution in [3.05, 3.63) is 119 Å². The van der Waals surface area contributed by atoms with Gasteiger partial charge in [0.1, 0.15) is 0 Å². The highest BCUT2D eigenvalue weighted by Crippen LogP contribution is 2.30. The molecule has 0 saturated heterocycles. The number of hydrogen-bond donors (Lipinski definition) is 2. The molecule has 0 bridgehead atoms. The monoisotopic (exact) mass is 434 g/mol. The van der Waals surface area contributed by atoms with E-state index in [1.807, 2.05) is 49.4 Å². The van der Waals surface area contributed by atoms with Crippen molar-refractivity contribution < 1.29 is 14.7 Å². The highest BCUT2D eigenvalue weighted by molar-refractivity contribution is 6.00. The predicted octanol–water partition coefficient (Wildman–Crippen LogP) is 6.42. The molecule has 1 unspecified atom stereocenters. The van der Waals surface area contributed by atoms with E-state index in [0.717, 1.165) is 21.9 Å². The largest absolute Gasteiger partial charge is 0.478 e. The quantitative estimate of drug-likeness (QED) is 0.344. The van der Waals surface area contributed by atoms with Crippen LogP contribution in [-0.4, -0.2) is 17.0 Å². The van der Waals surface area contributed by atoms with Gasteiger partial charge in [-0.25, -0.2) is 9.64 Å². The van der Waals surface area contributed by atoms with Gasteiger partial charge >= 0.3 is 5.97 Å². The van der Waals surface area contributed by atoms with E-state index < -0.39 is 11.9 Å². The summed E-state index contributed by atoms with van der Waals surface area (Å²) in [5.41, 5.74) is 3.43. The van der Waals surface area contributed by atoms with Gasteiger partial charge in [0.05, 0.1) is 18.1 Å². The number of hydrogen-bond acceptors (Lipinski definition) is 2. The zero-order chi connectivity index (χ0) is 23.4. The van der Waals surface area contributed by atoms with E-state index in [0.29, 0.717) is 23.4 Å².